The average molecular weight is 475 g/mol. The Hall–Kier alpha value is -3.45. The number of para-hydroxylation sites is 1. The van der Waals surface area contributed by atoms with Crippen LogP contribution in [0.5, 0.6) is 11.5 Å². The molecular weight excluding hydrogens is 448 g/mol. The molecule has 0 aliphatic carbocycles. The summed E-state index contributed by atoms with van der Waals surface area (Å²) < 4.78 is 11.0. The van der Waals surface area contributed by atoms with E-state index >= 15 is 0 Å². The Morgan fingerprint density at radius 2 is 1.71 bits per heavy atom. The fourth-order valence-electron chi connectivity index (χ4n) is 5.09. The molecular formula is C27H26N2O4S. The van der Waals surface area contributed by atoms with Gasteiger partial charge in [-0.05, 0) is 53.6 Å². The van der Waals surface area contributed by atoms with Crippen LogP contribution in [0.4, 0.5) is 5.69 Å². The highest BCUT2D eigenvalue weighted by molar-refractivity contribution is 7.98. The molecule has 0 radical (unpaired) electrons. The van der Waals surface area contributed by atoms with E-state index in [9.17, 15) is 9.59 Å². The quantitative estimate of drug-likeness (QED) is 0.533. The van der Waals surface area contributed by atoms with Crippen molar-refractivity contribution in [2.75, 3.05) is 32.3 Å². The molecule has 0 saturated carbocycles. The third-order valence-electron chi connectivity index (χ3n) is 6.68. The lowest BCUT2D eigenvalue weighted by molar-refractivity contribution is -0.119. The third kappa shape index (κ3) is 3.60. The Labute approximate surface area is 203 Å². The molecule has 0 fully saturated rings. The molecule has 34 heavy (non-hydrogen) atoms. The van der Waals surface area contributed by atoms with E-state index in [-0.39, 0.29) is 11.8 Å². The number of fused-ring (bicyclic) bond motifs is 4. The predicted molar refractivity (Wildman–Crippen MR) is 133 cm³/mol. The van der Waals surface area contributed by atoms with Crippen molar-refractivity contribution in [3.63, 3.8) is 0 Å². The van der Waals surface area contributed by atoms with Gasteiger partial charge in [-0.15, -0.1) is 11.8 Å². The van der Waals surface area contributed by atoms with Gasteiger partial charge in [0.25, 0.3) is 5.91 Å². The Balaban J connectivity index is 1.68. The lowest BCUT2D eigenvalue weighted by atomic mass is 9.75. The average Bonchev–Trinajstić information content (AvgIpc) is 2.88. The molecule has 174 valence electrons. The van der Waals surface area contributed by atoms with Crippen LogP contribution in [0.1, 0.15) is 39.0 Å². The molecule has 2 aliphatic heterocycles. The zero-order valence-electron chi connectivity index (χ0n) is 19.3. The number of nitrogens with zero attached hydrogens (tertiary/aromatic N) is 1. The molecule has 2 heterocycles. The summed E-state index contributed by atoms with van der Waals surface area (Å²) in [5.41, 5.74) is 4.07. The second-order valence-corrected chi connectivity index (χ2v) is 9.20. The second-order valence-electron chi connectivity index (χ2n) is 8.35. The van der Waals surface area contributed by atoms with Gasteiger partial charge in [0, 0.05) is 17.0 Å². The van der Waals surface area contributed by atoms with Gasteiger partial charge in [0.05, 0.1) is 31.9 Å². The zero-order chi connectivity index (χ0) is 23.8. The third-order valence-corrected chi connectivity index (χ3v) is 7.47. The number of rotatable bonds is 5. The number of hydrogen-bond donors (Lipinski definition) is 1. The van der Waals surface area contributed by atoms with Gasteiger partial charge in [0.2, 0.25) is 5.91 Å². The van der Waals surface area contributed by atoms with E-state index in [0.717, 1.165) is 22.6 Å². The highest BCUT2D eigenvalue weighted by Gasteiger charge is 2.47. The number of anilines is 1. The molecule has 0 unspecified atom stereocenters. The molecule has 6 nitrogen and oxygen atoms in total. The molecule has 3 aromatic carbocycles. The van der Waals surface area contributed by atoms with Crippen LogP contribution in [0.3, 0.4) is 0 Å². The van der Waals surface area contributed by atoms with Gasteiger partial charge in [-0.25, -0.2) is 0 Å². The molecule has 0 spiro atoms. The molecule has 2 amide bonds. The van der Waals surface area contributed by atoms with Crippen molar-refractivity contribution in [1.82, 2.24) is 4.90 Å². The molecule has 3 aromatic rings. The number of carbonyl (C=O) groups is 2. The summed E-state index contributed by atoms with van der Waals surface area (Å²) in [6.45, 7) is 0.555. The smallest absolute Gasteiger partial charge is 0.254 e. The van der Waals surface area contributed by atoms with Crippen LogP contribution in [0.25, 0.3) is 0 Å². The summed E-state index contributed by atoms with van der Waals surface area (Å²) in [5, 5.41) is 3.15. The van der Waals surface area contributed by atoms with Crippen LogP contribution < -0.4 is 14.8 Å². The van der Waals surface area contributed by atoms with Gasteiger partial charge < -0.3 is 19.7 Å². The summed E-state index contributed by atoms with van der Waals surface area (Å²) in [7, 11) is 3.10. The lowest BCUT2D eigenvalue weighted by Crippen LogP contribution is -2.49. The fraction of sp³-hybridized carbons (Fsp3) is 0.259. The Morgan fingerprint density at radius 1 is 1.00 bits per heavy atom. The largest absolute Gasteiger partial charge is 0.493 e. The van der Waals surface area contributed by atoms with Crippen LogP contribution in [0, 0.1) is 0 Å². The summed E-state index contributed by atoms with van der Waals surface area (Å²) in [6.07, 6.45) is 2.74. The van der Waals surface area contributed by atoms with Crippen molar-refractivity contribution in [2.24, 2.45) is 0 Å². The zero-order valence-corrected chi connectivity index (χ0v) is 20.1. The van der Waals surface area contributed by atoms with Crippen molar-refractivity contribution in [2.45, 2.75) is 23.3 Å². The van der Waals surface area contributed by atoms with Gasteiger partial charge in [0.15, 0.2) is 11.5 Å². The van der Waals surface area contributed by atoms with E-state index in [1.807, 2.05) is 53.6 Å². The number of ether oxygens (including phenoxy) is 2. The van der Waals surface area contributed by atoms with E-state index in [1.54, 1.807) is 38.1 Å². The number of benzene rings is 3. The van der Waals surface area contributed by atoms with Crippen molar-refractivity contribution >= 4 is 29.3 Å². The van der Waals surface area contributed by atoms with Crippen LogP contribution in [0.2, 0.25) is 0 Å². The predicted octanol–water partition coefficient (Wildman–Crippen LogP) is 4.90. The molecule has 0 bridgehead atoms. The first kappa shape index (κ1) is 22.3. The van der Waals surface area contributed by atoms with Gasteiger partial charge in [-0.2, -0.15) is 0 Å². The van der Waals surface area contributed by atoms with E-state index in [1.165, 1.54) is 5.56 Å². The number of nitrogens with one attached hydrogen (secondary N) is 1. The Kier molecular flexibility index (Phi) is 5.96. The summed E-state index contributed by atoms with van der Waals surface area (Å²) in [4.78, 5) is 30.5. The number of amides is 2. The minimum Gasteiger partial charge on any atom is -0.493 e. The van der Waals surface area contributed by atoms with Crippen LogP contribution in [-0.4, -0.2) is 43.7 Å². The maximum atomic E-state index is 14.0. The number of thioether (sulfide) groups is 1. The minimum absolute atomic E-state index is 0.0935. The topological polar surface area (TPSA) is 67.9 Å². The molecule has 0 saturated heterocycles. The molecule has 1 N–H and O–H groups in total. The molecule has 2 atom stereocenters. The summed E-state index contributed by atoms with van der Waals surface area (Å²) in [6, 6.07) is 18.9. The van der Waals surface area contributed by atoms with Gasteiger partial charge in [-0.1, -0.05) is 36.4 Å². The Bertz CT molecular complexity index is 1280. The number of methoxy groups -OCH3 is 2. The van der Waals surface area contributed by atoms with Gasteiger partial charge >= 0.3 is 0 Å². The number of hydrogen-bond acceptors (Lipinski definition) is 5. The molecule has 7 heteroatoms. The highest BCUT2D eigenvalue weighted by Crippen LogP contribution is 2.48. The lowest BCUT2D eigenvalue weighted by Gasteiger charge is -2.45. The van der Waals surface area contributed by atoms with Gasteiger partial charge in [0.1, 0.15) is 0 Å². The van der Waals surface area contributed by atoms with Gasteiger partial charge in [-0.3, -0.25) is 9.59 Å². The maximum absolute atomic E-state index is 14.0. The van der Waals surface area contributed by atoms with E-state index < -0.39 is 12.0 Å². The van der Waals surface area contributed by atoms with E-state index in [0.29, 0.717) is 29.2 Å². The number of carbonyl (C=O) groups excluding carboxylic acids is 2. The van der Waals surface area contributed by atoms with E-state index in [2.05, 4.69) is 11.4 Å². The summed E-state index contributed by atoms with van der Waals surface area (Å²) >= 11 is 1.58. The van der Waals surface area contributed by atoms with Crippen molar-refractivity contribution in [3.8, 4) is 11.5 Å². The Morgan fingerprint density at radius 3 is 2.47 bits per heavy atom. The summed E-state index contributed by atoms with van der Waals surface area (Å²) in [5.74, 6) is 0.105. The monoisotopic (exact) mass is 474 g/mol. The van der Waals surface area contributed by atoms with Crippen molar-refractivity contribution in [1.29, 1.82) is 0 Å². The maximum Gasteiger partial charge on any atom is 0.254 e. The first-order chi connectivity index (χ1) is 16.6. The highest BCUT2D eigenvalue weighted by atomic mass is 32.2. The van der Waals surface area contributed by atoms with Crippen molar-refractivity contribution < 1.29 is 19.1 Å². The van der Waals surface area contributed by atoms with Crippen LogP contribution >= 0.6 is 11.8 Å². The van der Waals surface area contributed by atoms with Crippen molar-refractivity contribution in [3.05, 3.63) is 82.9 Å². The first-order valence-electron chi connectivity index (χ1n) is 11.2. The molecule has 2 aliphatic rings. The minimum atomic E-state index is -0.608. The SMILES string of the molecule is COc1cc2c(cc1OC)[C@H](C(=O)Nc1ccccc1SC)[C@H]1c3ccccc3CCN1C2=O. The first-order valence-corrected chi connectivity index (χ1v) is 12.4. The normalized spacial score (nSPS) is 18.4. The van der Waals surface area contributed by atoms with Crippen LogP contribution in [0.15, 0.2) is 65.6 Å². The fourth-order valence-corrected chi connectivity index (χ4v) is 5.64. The van der Waals surface area contributed by atoms with E-state index in [4.69, 9.17) is 9.47 Å². The molecule has 5 rings (SSSR count). The molecule has 0 aromatic heterocycles. The van der Waals surface area contributed by atoms with Crippen LogP contribution in [-0.2, 0) is 11.2 Å². The second kappa shape index (κ2) is 9.06. The standard InChI is InChI=1S/C27H26N2O4S/c1-32-21-14-18-19(15-22(21)33-2)27(31)29-13-12-16-8-4-5-9-17(16)25(29)24(18)26(30)28-20-10-6-7-11-23(20)34-3/h4-11,14-15,24-25H,12-13H2,1-3H3,(H,28,30)/t24-,25+/m0/s1.